The normalized spacial score (nSPS) is 20.5. The maximum absolute atomic E-state index is 10.9. The van der Waals surface area contributed by atoms with Crippen molar-refractivity contribution in [3.8, 4) is 5.75 Å². The molecule has 0 amide bonds. The van der Waals surface area contributed by atoms with Crippen molar-refractivity contribution in [2.75, 3.05) is 6.61 Å². The van der Waals surface area contributed by atoms with E-state index in [0.29, 0.717) is 6.61 Å². The van der Waals surface area contributed by atoms with E-state index in [4.69, 9.17) is 4.74 Å². The third-order valence-electron chi connectivity index (χ3n) is 2.46. The summed E-state index contributed by atoms with van der Waals surface area (Å²) in [6, 6.07) is 5.84. The van der Waals surface area contributed by atoms with Crippen LogP contribution in [0.1, 0.15) is 24.3 Å². The third-order valence-corrected chi connectivity index (χ3v) is 2.95. The number of hydrogen-bond donors (Lipinski definition) is 0. The van der Waals surface area contributed by atoms with Crippen molar-refractivity contribution in [1.82, 2.24) is 0 Å². The number of ether oxygens (including phenoxy) is 1. The Bertz CT molecular complexity index is 349. The number of carbonyl (C=O) groups is 1. The molecule has 0 fully saturated rings. The van der Waals surface area contributed by atoms with Crippen LogP contribution < -0.4 is 4.74 Å². The highest BCUT2D eigenvalue weighted by molar-refractivity contribution is 9.10. The Kier molecular flexibility index (Phi) is 2.87. The molecule has 1 aromatic rings. The molecule has 1 aromatic carbocycles. The van der Waals surface area contributed by atoms with E-state index >= 15 is 0 Å². The van der Waals surface area contributed by atoms with E-state index in [1.54, 1.807) is 0 Å². The Hall–Kier alpha value is -0.830. The van der Waals surface area contributed by atoms with Crippen molar-refractivity contribution in [2.24, 2.45) is 0 Å². The molecule has 14 heavy (non-hydrogen) atoms. The number of halogens is 1. The lowest BCUT2D eigenvalue weighted by molar-refractivity contribution is -0.109. The summed E-state index contributed by atoms with van der Waals surface area (Å²) in [4.78, 5) is 10.9. The molecule has 1 heterocycles. The monoisotopic (exact) mass is 254 g/mol. The number of rotatable bonds is 1. The van der Waals surface area contributed by atoms with Gasteiger partial charge in [-0.15, -0.1) is 0 Å². The number of aldehydes is 1. The van der Waals surface area contributed by atoms with E-state index in [-0.39, 0.29) is 5.92 Å². The summed E-state index contributed by atoms with van der Waals surface area (Å²) in [5.74, 6) is 0.842. The number of fused-ring (bicyclic) bond motifs is 1. The topological polar surface area (TPSA) is 26.3 Å². The number of hydrogen-bond acceptors (Lipinski definition) is 2. The minimum absolute atomic E-state index is 0.000556. The van der Waals surface area contributed by atoms with E-state index in [9.17, 15) is 4.79 Å². The Morgan fingerprint density at radius 2 is 2.36 bits per heavy atom. The number of carbonyl (C=O) groups excluding carboxylic acids is 1. The Balaban J connectivity index is 2.44. The Morgan fingerprint density at radius 3 is 3.14 bits per heavy atom. The molecule has 0 bridgehead atoms. The van der Waals surface area contributed by atoms with Gasteiger partial charge in [-0.05, 0) is 25.0 Å². The molecule has 3 heteroatoms. The van der Waals surface area contributed by atoms with E-state index in [1.165, 1.54) is 0 Å². The maximum atomic E-state index is 10.9. The molecule has 1 aliphatic rings. The second-order valence-corrected chi connectivity index (χ2v) is 4.33. The van der Waals surface area contributed by atoms with Gasteiger partial charge in [-0.2, -0.15) is 0 Å². The van der Waals surface area contributed by atoms with Gasteiger partial charge in [-0.1, -0.05) is 22.0 Å². The molecule has 0 N–H and O–H groups in total. The van der Waals surface area contributed by atoms with Crippen LogP contribution in [-0.2, 0) is 4.79 Å². The molecule has 1 unspecified atom stereocenters. The minimum atomic E-state index is 0.000556. The summed E-state index contributed by atoms with van der Waals surface area (Å²) in [5, 5.41) is 0. The summed E-state index contributed by atoms with van der Waals surface area (Å²) >= 11 is 3.39. The van der Waals surface area contributed by atoms with Crippen LogP contribution in [0.4, 0.5) is 0 Å². The lowest BCUT2D eigenvalue weighted by atomic mass is 9.96. The van der Waals surface area contributed by atoms with Crippen LogP contribution in [0.25, 0.3) is 0 Å². The van der Waals surface area contributed by atoms with Gasteiger partial charge in [0, 0.05) is 16.0 Å². The predicted octanol–water partition coefficient (Wildman–Crippen LogP) is 2.90. The summed E-state index contributed by atoms with van der Waals surface area (Å²) in [5.41, 5.74) is 1.01. The van der Waals surface area contributed by atoms with Gasteiger partial charge in [0.05, 0.1) is 6.61 Å². The molecule has 0 aliphatic carbocycles. The third kappa shape index (κ3) is 1.82. The molecule has 1 atom stereocenters. The zero-order valence-electron chi connectivity index (χ0n) is 7.70. The molecule has 2 nitrogen and oxygen atoms in total. The molecule has 0 saturated carbocycles. The molecule has 0 spiro atoms. The first-order valence-corrected chi connectivity index (χ1v) is 5.48. The van der Waals surface area contributed by atoms with Gasteiger partial charge in [0.1, 0.15) is 12.0 Å². The van der Waals surface area contributed by atoms with Gasteiger partial charge >= 0.3 is 0 Å². The predicted molar refractivity (Wildman–Crippen MR) is 57.7 cm³/mol. The summed E-state index contributed by atoms with van der Waals surface area (Å²) in [7, 11) is 0. The van der Waals surface area contributed by atoms with Crippen molar-refractivity contribution in [3.63, 3.8) is 0 Å². The van der Waals surface area contributed by atoms with E-state index in [0.717, 1.165) is 34.9 Å². The molecule has 0 aromatic heterocycles. The lowest BCUT2D eigenvalue weighted by Gasteiger charge is -2.10. The van der Waals surface area contributed by atoms with Gasteiger partial charge < -0.3 is 9.53 Å². The van der Waals surface area contributed by atoms with Crippen LogP contribution in [0.15, 0.2) is 22.7 Å². The molecule has 1 aliphatic heterocycles. The molecule has 0 saturated heterocycles. The highest BCUT2D eigenvalue weighted by atomic mass is 79.9. The molecule has 74 valence electrons. The van der Waals surface area contributed by atoms with E-state index in [1.807, 2.05) is 18.2 Å². The summed E-state index contributed by atoms with van der Waals surface area (Å²) in [6.07, 6.45) is 2.84. The average Bonchev–Trinajstić information content (AvgIpc) is 2.38. The average molecular weight is 255 g/mol. The van der Waals surface area contributed by atoms with Crippen molar-refractivity contribution in [2.45, 2.75) is 18.8 Å². The van der Waals surface area contributed by atoms with Crippen molar-refractivity contribution in [1.29, 1.82) is 0 Å². The molecule has 0 radical (unpaired) electrons. The first-order chi connectivity index (χ1) is 6.81. The highest BCUT2D eigenvalue weighted by Crippen LogP contribution is 2.33. The van der Waals surface area contributed by atoms with Crippen molar-refractivity contribution in [3.05, 3.63) is 28.2 Å². The van der Waals surface area contributed by atoms with E-state index in [2.05, 4.69) is 15.9 Å². The van der Waals surface area contributed by atoms with Gasteiger partial charge in [-0.3, -0.25) is 0 Å². The second-order valence-electron chi connectivity index (χ2n) is 3.42. The van der Waals surface area contributed by atoms with Crippen LogP contribution in [0.5, 0.6) is 5.75 Å². The van der Waals surface area contributed by atoms with Crippen LogP contribution in [0.3, 0.4) is 0 Å². The van der Waals surface area contributed by atoms with Gasteiger partial charge in [0.2, 0.25) is 0 Å². The highest BCUT2D eigenvalue weighted by Gasteiger charge is 2.18. The first-order valence-electron chi connectivity index (χ1n) is 4.69. The van der Waals surface area contributed by atoms with Crippen LogP contribution in [0, 0.1) is 0 Å². The number of benzene rings is 1. The zero-order chi connectivity index (χ0) is 9.97. The van der Waals surface area contributed by atoms with Gasteiger partial charge in [0.15, 0.2) is 0 Å². The zero-order valence-corrected chi connectivity index (χ0v) is 9.29. The minimum Gasteiger partial charge on any atom is -0.493 e. The fourth-order valence-corrected chi connectivity index (χ4v) is 2.06. The standard InChI is InChI=1S/C11H11BrO2/c12-9-3-4-10-8(7-13)2-1-5-14-11(10)6-9/h3-4,6-8H,1-2,5H2. The second kappa shape index (κ2) is 4.13. The van der Waals surface area contributed by atoms with Gasteiger partial charge in [-0.25, -0.2) is 0 Å². The Morgan fingerprint density at radius 1 is 1.50 bits per heavy atom. The van der Waals surface area contributed by atoms with Gasteiger partial charge in [0.25, 0.3) is 0 Å². The van der Waals surface area contributed by atoms with E-state index < -0.39 is 0 Å². The molecule has 2 rings (SSSR count). The van der Waals surface area contributed by atoms with Crippen LogP contribution in [0.2, 0.25) is 0 Å². The largest absolute Gasteiger partial charge is 0.493 e. The quantitative estimate of drug-likeness (QED) is 0.721. The Labute approximate surface area is 91.4 Å². The maximum Gasteiger partial charge on any atom is 0.127 e. The van der Waals surface area contributed by atoms with Crippen molar-refractivity contribution < 1.29 is 9.53 Å². The SMILES string of the molecule is O=CC1CCCOc2cc(Br)ccc21. The molecular weight excluding hydrogens is 244 g/mol. The summed E-state index contributed by atoms with van der Waals surface area (Å²) in [6.45, 7) is 0.702. The first kappa shape index (κ1) is 9.71. The van der Waals surface area contributed by atoms with Crippen molar-refractivity contribution >= 4 is 22.2 Å². The fraction of sp³-hybridized carbons (Fsp3) is 0.364. The fourth-order valence-electron chi connectivity index (χ4n) is 1.72. The van der Waals surface area contributed by atoms with Crippen LogP contribution >= 0.6 is 15.9 Å². The molecular formula is C11H11BrO2. The smallest absolute Gasteiger partial charge is 0.127 e. The van der Waals surface area contributed by atoms with Crippen LogP contribution in [-0.4, -0.2) is 12.9 Å². The lowest BCUT2D eigenvalue weighted by Crippen LogP contribution is -1.98. The summed E-state index contributed by atoms with van der Waals surface area (Å²) < 4.78 is 6.56.